The van der Waals surface area contributed by atoms with Gasteiger partial charge in [0.05, 0.1) is 25.7 Å². The molecular formula is C34H58N6O4. The Morgan fingerprint density at radius 1 is 0.932 bits per heavy atom. The number of nitrogens with two attached hydrogens (primary N) is 2. The number of imidazole rings is 1. The van der Waals surface area contributed by atoms with Gasteiger partial charge < -0.3 is 25.5 Å². The third-order valence-corrected chi connectivity index (χ3v) is 8.25. The van der Waals surface area contributed by atoms with Crippen molar-refractivity contribution in [3.63, 3.8) is 0 Å². The monoisotopic (exact) mass is 614 g/mol. The Labute approximate surface area is 264 Å². The van der Waals surface area contributed by atoms with Crippen LogP contribution < -0.4 is 11.5 Å². The number of ether oxygens (including phenoxy) is 2. The van der Waals surface area contributed by atoms with Crippen molar-refractivity contribution in [2.45, 2.75) is 136 Å². The summed E-state index contributed by atoms with van der Waals surface area (Å²) in [5, 5.41) is 0. The van der Waals surface area contributed by atoms with E-state index in [9.17, 15) is 9.59 Å². The molecule has 3 atom stereocenters. The van der Waals surface area contributed by atoms with Crippen molar-refractivity contribution < 1.29 is 19.1 Å². The molecule has 248 valence electrons. The van der Waals surface area contributed by atoms with E-state index < -0.39 is 12.0 Å². The number of esters is 2. The van der Waals surface area contributed by atoms with Crippen molar-refractivity contribution in [3.05, 3.63) is 24.7 Å². The highest BCUT2D eigenvalue weighted by Crippen LogP contribution is 2.17. The smallest absolute Gasteiger partial charge is 0.323 e. The number of carbonyl (C=O) groups excluding carboxylic acids is 2. The van der Waals surface area contributed by atoms with Crippen molar-refractivity contribution in [3.8, 4) is 0 Å². The molecule has 0 bridgehead atoms. The maximum atomic E-state index is 12.5. The van der Waals surface area contributed by atoms with Gasteiger partial charge in [0, 0.05) is 18.9 Å². The fourth-order valence-corrected chi connectivity index (χ4v) is 5.04. The van der Waals surface area contributed by atoms with Gasteiger partial charge >= 0.3 is 11.9 Å². The predicted molar refractivity (Wildman–Crippen MR) is 177 cm³/mol. The lowest BCUT2D eigenvalue weighted by Crippen LogP contribution is -2.38. The number of aromatic nitrogens is 4. The zero-order chi connectivity index (χ0) is 32.0. The minimum Gasteiger partial charge on any atom is -0.465 e. The molecule has 2 aromatic heterocycles. The first-order valence-electron chi connectivity index (χ1n) is 17.0. The lowest BCUT2D eigenvalue weighted by molar-refractivity contribution is -0.149. The van der Waals surface area contributed by atoms with Gasteiger partial charge in [-0.3, -0.25) is 9.59 Å². The van der Waals surface area contributed by atoms with Crippen molar-refractivity contribution in [2.75, 3.05) is 18.9 Å². The van der Waals surface area contributed by atoms with Gasteiger partial charge in [-0.1, -0.05) is 90.7 Å². The molecule has 0 amide bonds. The minimum atomic E-state index is -0.654. The normalized spacial score (nSPS) is 13.7. The molecule has 10 nitrogen and oxygen atoms in total. The van der Waals surface area contributed by atoms with Gasteiger partial charge in [-0.25, -0.2) is 9.97 Å². The third kappa shape index (κ3) is 15.1. The Bertz CT molecular complexity index is 1100. The molecule has 44 heavy (non-hydrogen) atoms. The van der Waals surface area contributed by atoms with Crippen LogP contribution in [0.1, 0.15) is 124 Å². The third-order valence-electron chi connectivity index (χ3n) is 8.25. The largest absolute Gasteiger partial charge is 0.465 e. The fraction of sp³-hybridized carbons (Fsp3) is 0.735. The summed E-state index contributed by atoms with van der Waals surface area (Å²) < 4.78 is 13.0. The summed E-state index contributed by atoms with van der Waals surface area (Å²) >= 11 is 0. The molecule has 4 N–H and O–H groups in total. The fourth-order valence-electron chi connectivity index (χ4n) is 5.04. The van der Waals surface area contributed by atoms with Crippen LogP contribution in [0.25, 0.3) is 11.2 Å². The zero-order valence-corrected chi connectivity index (χ0v) is 27.6. The van der Waals surface area contributed by atoms with E-state index in [1.54, 1.807) is 12.5 Å². The van der Waals surface area contributed by atoms with Gasteiger partial charge in [-0.2, -0.15) is 4.98 Å². The maximum Gasteiger partial charge on any atom is 0.323 e. The van der Waals surface area contributed by atoms with Gasteiger partial charge in [0.1, 0.15) is 11.6 Å². The van der Waals surface area contributed by atoms with Gasteiger partial charge in [0.2, 0.25) is 5.95 Å². The quantitative estimate of drug-likeness (QED) is 0.0691. The van der Waals surface area contributed by atoms with E-state index in [4.69, 9.17) is 20.9 Å². The Hall–Kier alpha value is -3.01. The number of allylic oxidation sites excluding steroid dienone is 2. The number of nitrogens with zero attached hydrogens (tertiary/aromatic N) is 4. The number of fused-ring (bicyclic) bond motifs is 1. The first-order chi connectivity index (χ1) is 21.3. The predicted octanol–water partition coefficient (Wildman–Crippen LogP) is 6.91. The van der Waals surface area contributed by atoms with Gasteiger partial charge in [-0.15, -0.1) is 0 Å². The van der Waals surface area contributed by atoms with Crippen molar-refractivity contribution in [2.24, 2.45) is 17.6 Å². The molecular weight excluding hydrogens is 556 g/mol. The summed E-state index contributed by atoms with van der Waals surface area (Å²) in [6.07, 6.45) is 25.5. The molecule has 0 saturated heterocycles. The van der Waals surface area contributed by atoms with E-state index in [-0.39, 0.29) is 37.0 Å². The van der Waals surface area contributed by atoms with E-state index in [2.05, 4.69) is 34.0 Å². The Morgan fingerprint density at radius 3 is 2.27 bits per heavy atom. The van der Waals surface area contributed by atoms with Crippen LogP contribution in [0.15, 0.2) is 24.7 Å². The molecule has 0 saturated carbocycles. The van der Waals surface area contributed by atoms with E-state index >= 15 is 0 Å². The second-order valence-electron chi connectivity index (χ2n) is 12.1. The molecule has 0 fully saturated rings. The van der Waals surface area contributed by atoms with Gasteiger partial charge in [0.15, 0.2) is 5.65 Å². The van der Waals surface area contributed by atoms with Crippen molar-refractivity contribution in [1.82, 2.24) is 19.5 Å². The minimum absolute atomic E-state index is 0.0388. The van der Waals surface area contributed by atoms with Crippen molar-refractivity contribution >= 4 is 29.1 Å². The average molecular weight is 615 g/mol. The molecule has 2 heterocycles. The van der Waals surface area contributed by atoms with Crippen LogP contribution in [0.4, 0.5) is 5.95 Å². The summed E-state index contributed by atoms with van der Waals surface area (Å²) in [5.74, 6) is -0.549. The number of nitrogen functional groups attached to an aromatic ring is 1. The Balaban J connectivity index is 1.70. The van der Waals surface area contributed by atoms with Crippen molar-refractivity contribution in [1.29, 1.82) is 0 Å². The highest BCUT2D eigenvalue weighted by atomic mass is 16.5. The molecule has 10 heteroatoms. The first-order valence-corrected chi connectivity index (χ1v) is 17.0. The van der Waals surface area contributed by atoms with Crippen LogP contribution in [0.3, 0.4) is 0 Å². The molecule has 0 aliphatic carbocycles. The summed E-state index contributed by atoms with van der Waals surface area (Å²) in [6, 6.07) is -0.654. The number of rotatable bonds is 25. The standard InChI is InChI=1S/C34H58N6O4/c1-4-6-7-8-9-10-11-12-13-14-15-16-17-18-19-20-30(41)44-25-28(21-22-43-33(42)31(35)27(3)5-2)24-40-26-38-29-23-37-34(36)39-32(29)40/h15-16,23,26-28,31H,4-14,17-22,24-25,35H2,1-3H3,(H2,36,37,39)/t27-,28+,31-/m0/s1. The molecule has 2 aromatic rings. The molecule has 0 aromatic carbocycles. The number of unbranched alkanes of at least 4 members (excludes halogenated alkanes) is 11. The number of carbonyl (C=O) groups is 2. The molecule has 0 unspecified atom stereocenters. The molecule has 0 spiro atoms. The summed E-state index contributed by atoms with van der Waals surface area (Å²) in [7, 11) is 0. The molecule has 0 radical (unpaired) electrons. The second kappa shape index (κ2) is 22.5. The first kappa shape index (κ1) is 37.2. The van der Waals surface area contributed by atoms with Crippen LogP contribution >= 0.6 is 0 Å². The van der Waals surface area contributed by atoms with E-state index in [0.29, 0.717) is 30.6 Å². The topological polar surface area (TPSA) is 148 Å². The van der Waals surface area contributed by atoms with E-state index in [0.717, 1.165) is 32.1 Å². The van der Waals surface area contributed by atoms with Gasteiger partial charge in [-0.05, 0) is 44.4 Å². The number of hydrogen-bond acceptors (Lipinski definition) is 9. The van der Waals surface area contributed by atoms with Crippen LogP contribution in [0.2, 0.25) is 0 Å². The highest BCUT2D eigenvalue weighted by molar-refractivity contribution is 5.75. The summed E-state index contributed by atoms with van der Waals surface area (Å²) in [6.45, 7) is 7.04. The zero-order valence-electron chi connectivity index (χ0n) is 27.6. The van der Waals surface area contributed by atoms with Crippen LogP contribution in [0, 0.1) is 11.8 Å². The van der Waals surface area contributed by atoms with Crippen LogP contribution in [-0.2, 0) is 25.6 Å². The highest BCUT2D eigenvalue weighted by Gasteiger charge is 2.22. The molecule has 2 rings (SSSR count). The average Bonchev–Trinajstić information content (AvgIpc) is 3.41. The summed E-state index contributed by atoms with van der Waals surface area (Å²) in [4.78, 5) is 37.5. The lowest BCUT2D eigenvalue weighted by Gasteiger charge is -2.20. The van der Waals surface area contributed by atoms with Crippen LogP contribution in [0.5, 0.6) is 0 Å². The van der Waals surface area contributed by atoms with E-state index in [1.165, 1.54) is 57.8 Å². The Kier molecular flexibility index (Phi) is 19.0. The van der Waals surface area contributed by atoms with E-state index in [1.807, 2.05) is 18.4 Å². The number of hydrogen-bond donors (Lipinski definition) is 2. The summed E-state index contributed by atoms with van der Waals surface area (Å²) in [5.41, 5.74) is 13.0. The molecule has 0 aliphatic rings. The number of anilines is 1. The maximum absolute atomic E-state index is 12.5. The lowest BCUT2D eigenvalue weighted by atomic mass is 10.0. The SMILES string of the molecule is CCCCCCCCCCCC=CCCCCC(=O)OC[C@H](CCOC(=O)[C@@H](N)[C@@H](C)CC)Cn1cnc2cnc(N)nc21. The second-order valence-corrected chi connectivity index (χ2v) is 12.1. The van der Waals surface area contributed by atoms with Gasteiger partial charge in [0.25, 0.3) is 0 Å². The molecule has 0 aliphatic heterocycles. The Morgan fingerprint density at radius 2 is 1.59 bits per heavy atom. The van der Waals surface area contributed by atoms with Crippen LogP contribution in [-0.4, -0.2) is 50.7 Å².